The molecule has 0 radical (unpaired) electrons. The maximum absolute atomic E-state index is 14.7. The zero-order valence-corrected chi connectivity index (χ0v) is 23.9. The number of nitriles is 1. The van der Waals surface area contributed by atoms with Crippen molar-refractivity contribution in [3.05, 3.63) is 35.4 Å². The Kier molecular flexibility index (Phi) is 6.30. The van der Waals surface area contributed by atoms with Crippen molar-refractivity contribution in [1.29, 1.82) is 5.26 Å². The Hall–Kier alpha value is -3.53. The number of piperidine rings is 1. The van der Waals surface area contributed by atoms with Crippen molar-refractivity contribution in [2.75, 3.05) is 43.4 Å². The fourth-order valence-corrected chi connectivity index (χ4v) is 7.77. The van der Waals surface area contributed by atoms with E-state index in [1.165, 1.54) is 18.9 Å². The monoisotopic (exact) mass is 576 g/mol. The van der Waals surface area contributed by atoms with E-state index in [4.69, 9.17) is 20.4 Å². The molecule has 0 spiro atoms. The van der Waals surface area contributed by atoms with Crippen molar-refractivity contribution >= 4 is 43.5 Å². The highest BCUT2D eigenvalue weighted by Crippen LogP contribution is 2.40. The molecule has 0 amide bonds. The maximum Gasteiger partial charge on any atom is 0.247 e. The van der Waals surface area contributed by atoms with E-state index in [0.717, 1.165) is 42.8 Å². The summed E-state index contributed by atoms with van der Waals surface area (Å²) in [5.74, 6) is 0.598. The third kappa shape index (κ3) is 4.47. The number of nitrogen functional groups attached to an aromatic ring is 1. The van der Waals surface area contributed by atoms with Crippen LogP contribution in [-0.4, -0.2) is 73.5 Å². The SMILES string of the molecule is CC1(O)CCN(c2nc(OCC34CCCN3CCC4)c3ncn(Cc4ccc(F)c5sc(N)c(C#N)c45)c3n2)CC1. The number of rotatable bonds is 6. The smallest absolute Gasteiger partial charge is 0.247 e. The average Bonchev–Trinajstić information content (AvgIpc) is 3.71. The van der Waals surface area contributed by atoms with Gasteiger partial charge in [0.1, 0.15) is 23.5 Å². The van der Waals surface area contributed by atoms with E-state index in [2.05, 4.69) is 20.9 Å². The number of anilines is 2. The number of halogens is 1. The lowest BCUT2D eigenvalue weighted by atomic mass is 9.94. The molecule has 0 bridgehead atoms. The van der Waals surface area contributed by atoms with Gasteiger partial charge in [0.05, 0.1) is 34.3 Å². The molecule has 41 heavy (non-hydrogen) atoms. The zero-order valence-electron chi connectivity index (χ0n) is 23.1. The van der Waals surface area contributed by atoms with Crippen LogP contribution in [0.3, 0.4) is 0 Å². The van der Waals surface area contributed by atoms with Gasteiger partial charge in [-0.2, -0.15) is 15.2 Å². The zero-order chi connectivity index (χ0) is 28.4. The Morgan fingerprint density at radius 2 is 1.90 bits per heavy atom. The fraction of sp³-hybridized carbons (Fsp3) is 0.517. The molecule has 0 atom stereocenters. The van der Waals surface area contributed by atoms with Crippen molar-refractivity contribution in [3.63, 3.8) is 0 Å². The molecule has 3 saturated heterocycles. The van der Waals surface area contributed by atoms with E-state index in [9.17, 15) is 14.8 Å². The van der Waals surface area contributed by atoms with Crippen LogP contribution in [0.2, 0.25) is 0 Å². The van der Waals surface area contributed by atoms with Gasteiger partial charge in [0.2, 0.25) is 11.8 Å². The number of nitrogens with zero attached hydrogens (tertiary/aromatic N) is 7. The first-order valence-corrected chi connectivity index (χ1v) is 15.1. The average molecular weight is 577 g/mol. The highest BCUT2D eigenvalue weighted by molar-refractivity contribution is 7.23. The number of thiophene rings is 1. The molecule has 1 aromatic carbocycles. The van der Waals surface area contributed by atoms with Gasteiger partial charge in [-0.25, -0.2) is 9.37 Å². The van der Waals surface area contributed by atoms with Gasteiger partial charge in [0.25, 0.3) is 0 Å². The molecule has 12 heteroatoms. The van der Waals surface area contributed by atoms with Crippen molar-refractivity contribution in [3.8, 4) is 11.9 Å². The Labute approximate surface area is 241 Å². The number of aromatic nitrogens is 4. The summed E-state index contributed by atoms with van der Waals surface area (Å²) in [7, 11) is 0. The van der Waals surface area contributed by atoms with Gasteiger partial charge in [-0.05, 0) is 70.2 Å². The molecule has 3 N–H and O–H groups in total. The molecule has 3 aliphatic rings. The van der Waals surface area contributed by atoms with Crippen LogP contribution in [0.5, 0.6) is 5.88 Å². The molecule has 0 aliphatic carbocycles. The van der Waals surface area contributed by atoms with E-state index < -0.39 is 11.4 Å². The van der Waals surface area contributed by atoms with Gasteiger partial charge < -0.3 is 25.0 Å². The van der Waals surface area contributed by atoms with E-state index in [1.807, 2.05) is 11.5 Å². The number of aliphatic hydroxyl groups is 1. The summed E-state index contributed by atoms with van der Waals surface area (Å²) in [5, 5.41) is 21.1. The van der Waals surface area contributed by atoms with Gasteiger partial charge in [-0.1, -0.05) is 6.07 Å². The molecule has 0 saturated carbocycles. The Balaban J connectivity index is 1.29. The summed E-state index contributed by atoms with van der Waals surface area (Å²) in [6.07, 6.45) is 7.53. The van der Waals surface area contributed by atoms with Gasteiger partial charge in [0, 0.05) is 18.5 Å². The normalized spacial score (nSPS) is 20.1. The Morgan fingerprint density at radius 1 is 1.15 bits per heavy atom. The van der Waals surface area contributed by atoms with Crippen molar-refractivity contribution < 1.29 is 14.2 Å². The quantitative estimate of drug-likeness (QED) is 0.349. The van der Waals surface area contributed by atoms with Crippen molar-refractivity contribution in [1.82, 2.24) is 24.4 Å². The highest BCUT2D eigenvalue weighted by atomic mass is 32.1. The second-order valence-corrected chi connectivity index (χ2v) is 13.0. The predicted molar refractivity (Wildman–Crippen MR) is 156 cm³/mol. The summed E-state index contributed by atoms with van der Waals surface area (Å²) in [6, 6.07) is 5.25. The first-order chi connectivity index (χ1) is 19.8. The number of fused-ring (bicyclic) bond motifs is 3. The molecular formula is C29H33FN8O2S. The third-order valence-corrected chi connectivity index (χ3v) is 10.2. The molecule has 7 rings (SSSR count). The summed E-state index contributed by atoms with van der Waals surface area (Å²) >= 11 is 1.09. The first-order valence-electron chi connectivity index (χ1n) is 14.2. The number of ether oxygens (including phenoxy) is 1. The summed E-state index contributed by atoms with van der Waals surface area (Å²) in [6.45, 7) is 6.21. The molecule has 3 fully saturated rings. The molecule has 6 heterocycles. The highest BCUT2D eigenvalue weighted by Gasteiger charge is 2.45. The predicted octanol–water partition coefficient (Wildman–Crippen LogP) is 4.04. The first kappa shape index (κ1) is 26.4. The fourth-order valence-electron chi connectivity index (χ4n) is 6.80. The van der Waals surface area contributed by atoms with Gasteiger partial charge in [0.15, 0.2) is 11.2 Å². The van der Waals surface area contributed by atoms with Crippen molar-refractivity contribution in [2.45, 2.75) is 63.1 Å². The largest absolute Gasteiger partial charge is 0.474 e. The minimum atomic E-state index is -0.704. The van der Waals surface area contributed by atoms with E-state index >= 15 is 0 Å². The molecule has 214 valence electrons. The minimum absolute atomic E-state index is 0.0517. The van der Waals surface area contributed by atoms with Crippen LogP contribution in [0.15, 0.2) is 18.5 Å². The lowest BCUT2D eigenvalue weighted by Gasteiger charge is -2.36. The lowest BCUT2D eigenvalue weighted by molar-refractivity contribution is 0.0348. The summed E-state index contributed by atoms with van der Waals surface area (Å²) in [5.41, 5.74) is 7.65. The third-order valence-electron chi connectivity index (χ3n) is 9.19. The standard InChI is InChI=1S/C29H33FN8O2S/c1-28(39)8-12-36(13-9-28)27-34-25-22(26(35-27)40-16-29-6-2-10-38(29)11-3-7-29)33-17-37(25)15-18-4-5-20(30)23-21(18)19(14-31)24(32)41-23/h4-5,17,39H,2-3,6-13,15-16,32H2,1H3. The van der Waals surface area contributed by atoms with Crippen LogP contribution in [-0.2, 0) is 6.54 Å². The molecule has 3 aromatic heterocycles. The number of imidazole rings is 1. The van der Waals surface area contributed by atoms with Crippen LogP contribution in [0.25, 0.3) is 21.3 Å². The van der Waals surface area contributed by atoms with Crippen LogP contribution < -0.4 is 15.4 Å². The second kappa shape index (κ2) is 9.79. The summed E-state index contributed by atoms with van der Waals surface area (Å²) < 4.78 is 23.4. The second-order valence-electron chi connectivity index (χ2n) is 11.9. The topological polar surface area (TPSA) is 129 Å². The van der Waals surface area contributed by atoms with Crippen molar-refractivity contribution in [2.24, 2.45) is 0 Å². The number of hydrogen-bond acceptors (Lipinski definition) is 10. The lowest BCUT2D eigenvalue weighted by Crippen LogP contribution is -2.44. The van der Waals surface area contributed by atoms with Crippen LogP contribution in [0.1, 0.15) is 56.6 Å². The minimum Gasteiger partial charge on any atom is -0.474 e. The van der Waals surface area contributed by atoms with E-state index in [0.29, 0.717) is 82.7 Å². The maximum atomic E-state index is 14.7. The number of benzene rings is 1. The Bertz CT molecular complexity index is 1670. The van der Waals surface area contributed by atoms with Gasteiger partial charge >= 0.3 is 0 Å². The molecular weight excluding hydrogens is 543 g/mol. The Morgan fingerprint density at radius 3 is 2.63 bits per heavy atom. The molecule has 4 aromatic rings. The van der Waals surface area contributed by atoms with Crippen LogP contribution >= 0.6 is 11.3 Å². The van der Waals surface area contributed by atoms with E-state index in [1.54, 1.807) is 12.4 Å². The molecule has 10 nitrogen and oxygen atoms in total. The van der Waals surface area contributed by atoms with Crippen LogP contribution in [0, 0.1) is 17.1 Å². The van der Waals surface area contributed by atoms with Gasteiger partial charge in [-0.3, -0.25) is 4.90 Å². The van der Waals surface area contributed by atoms with Gasteiger partial charge in [-0.15, -0.1) is 11.3 Å². The molecule has 0 unspecified atom stereocenters. The number of nitrogens with two attached hydrogens (primary N) is 1. The van der Waals surface area contributed by atoms with Crippen LogP contribution in [0.4, 0.5) is 15.3 Å². The molecule has 3 aliphatic heterocycles. The number of hydrogen-bond donors (Lipinski definition) is 2. The van der Waals surface area contributed by atoms with E-state index in [-0.39, 0.29) is 5.54 Å². The summed E-state index contributed by atoms with van der Waals surface area (Å²) in [4.78, 5) is 19.1.